The third-order valence-corrected chi connectivity index (χ3v) is 5.49. The quantitative estimate of drug-likeness (QED) is 0.460. The first kappa shape index (κ1) is 23.1. The number of rotatable bonds is 10. The van der Waals surface area contributed by atoms with E-state index >= 15 is 0 Å². The van der Waals surface area contributed by atoms with Gasteiger partial charge in [-0.25, -0.2) is 4.99 Å². The number of aliphatic imine (C=N–C) groups is 1. The van der Waals surface area contributed by atoms with Gasteiger partial charge in [0.15, 0.2) is 17.5 Å². The predicted molar refractivity (Wildman–Crippen MR) is 118 cm³/mol. The number of guanidine groups is 1. The van der Waals surface area contributed by atoms with Crippen LogP contribution in [0.5, 0.6) is 17.2 Å². The lowest BCUT2D eigenvalue weighted by molar-refractivity contribution is 0.187. The first-order valence-corrected chi connectivity index (χ1v) is 10.7. The van der Waals surface area contributed by atoms with Crippen molar-refractivity contribution < 1.29 is 14.2 Å². The molecule has 1 aliphatic heterocycles. The zero-order valence-corrected chi connectivity index (χ0v) is 18.7. The molecule has 0 unspecified atom stereocenters. The Balaban J connectivity index is 1.93. The highest BCUT2D eigenvalue weighted by molar-refractivity contribution is 5.79. The Morgan fingerprint density at radius 3 is 2.21 bits per heavy atom. The standard InChI is InChI=1S/C22H38N4O3/c1-6-23-22(24-11-8-17-9-12-26(7-2)13-10-17)25-16-18-14-19(27-3)21(29-5)20(15-18)28-4/h14-15,17H,6-13,16H2,1-5H3,(H2,23,24,25). The fraction of sp³-hybridized carbons (Fsp3) is 0.682. The smallest absolute Gasteiger partial charge is 0.203 e. The SMILES string of the molecule is CCNC(=NCc1cc(OC)c(OC)c(OC)c1)NCCC1CCN(CC)CC1. The normalized spacial score (nSPS) is 15.8. The van der Waals surface area contributed by atoms with Gasteiger partial charge in [-0.3, -0.25) is 0 Å². The summed E-state index contributed by atoms with van der Waals surface area (Å²) in [6, 6.07) is 3.88. The molecule has 0 bridgehead atoms. The fourth-order valence-corrected chi connectivity index (χ4v) is 3.72. The van der Waals surface area contributed by atoms with Gasteiger partial charge in [0.1, 0.15) is 0 Å². The Morgan fingerprint density at radius 1 is 1.03 bits per heavy atom. The predicted octanol–water partition coefficient (Wildman–Crippen LogP) is 2.89. The van der Waals surface area contributed by atoms with Crippen LogP contribution in [0.25, 0.3) is 0 Å². The van der Waals surface area contributed by atoms with E-state index in [1.807, 2.05) is 12.1 Å². The molecule has 7 heteroatoms. The van der Waals surface area contributed by atoms with Crippen LogP contribution < -0.4 is 24.8 Å². The minimum atomic E-state index is 0.529. The first-order valence-electron chi connectivity index (χ1n) is 10.7. The maximum absolute atomic E-state index is 5.43. The van der Waals surface area contributed by atoms with E-state index in [0.717, 1.165) is 30.5 Å². The minimum Gasteiger partial charge on any atom is -0.493 e. The number of likely N-dealkylation sites (tertiary alicyclic amines) is 1. The molecule has 0 amide bonds. The lowest BCUT2D eigenvalue weighted by Gasteiger charge is -2.31. The maximum Gasteiger partial charge on any atom is 0.203 e. The highest BCUT2D eigenvalue weighted by atomic mass is 16.5. The number of hydrogen-bond donors (Lipinski definition) is 2. The van der Waals surface area contributed by atoms with Gasteiger partial charge in [-0.2, -0.15) is 0 Å². The number of nitrogens with zero attached hydrogens (tertiary/aromatic N) is 2. The average Bonchev–Trinajstić information content (AvgIpc) is 2.77. The average molecular weight is 407 g/mol. The van der Waals surface area contributed by atoms with E-state index in [9.17, 15) is 0 Å². The Hall–Kier alpha value is -2.15. The molecule has 1 aromatic rings. The summed E-state index contributed by atoms with van der Waals surface area (Å²) in [5.41, 5.74) is 1.00. The summed E-state index contributed by atoms with van der Waals surface area (Å²) in [6.07, 6.45) is 3.79. The Labute approximate surface area is 175 Å². The van der Waals surface area contributed by atoms with Gasteiger partial charge in [0.05, 0.1) is 27.9 Å². The van der Waals surface area contributed by atoms with Crippen LogP contribution in [0.15, 0.2) is 17.1 Å². The van der Waals surface area contributed by atoms with Gasteiger partial charge in [0, 0.05) is 13.1 Å². The van der Waals surface area contributed by atoms with Gasteiger partial charge in [-0.1, -0.05) is 6.92 Å². The third kappa shape index (κ3) is 6.99. The molecule has 2 rings (SSSR count). The first-order chi connectivity index (χ1) is 14.1. The molecule has 1 saturated heterocycles. The maximum atomic E-state index is 5.43. The topological polar surface area (TPSA) is 67.4 Å². The Morgan fingerprint density at radius 2 is 1.69 bits per heavy atom. The lowest BCUT2D eigenvalue weighted by Crippen LogP contribution is -2.39. The van der Waals surface area contributed by atoms with Gasteiger partial charge in [0.2, 0.25) is 5.75 Å². The van der Waals surface area contributed by atoms with Crippen molar-refractivity contribution in [1.82, 2.24) is 15.5 Å². The molecule has 1 aromatic carbocycles. The van der Waals surface area contributed by atoms with Crippen LogP contribution >= 0.6 is 0 Å². The van der Waals surface area contributed by atoms with Crippen LogP contribution in [0, 0.1) is 5.92 Å². The van der Waals surface area contributed by atoms with Crippen molar-refractivity contribution in [2.75, 3.05) is 54.1 Å². The number of benzene rings is 1. The zero-order chi connectivity index (χ0) is 21.1. The van der Waals surface area contributed by atoms with Crippen molar-refractivity contribution >= 4 is 5.96 Å². The van der Waals surface area contributed by atoms with E-state index in [4.69, 9.17) is 19.2 Å². The van der Waals surface area contributed by atoms with Gasteiger partial charge in [-0.05, 0) is 69.4 Å². The lowest BCUT2D eigenvalue weighted by atomic mass is 9.93. The van der Waals surface area contributed by atoms with Crippen molar-refractivity contribution in [1.29, 1.82) is 0 Å². The van der Waals surface area contributed by atoms with Crippen LogP contribution in [0.3, 0.4) is 0 Å². The van der Waals surface area contributed by atoms with Gasteiger partial charge >= 0.3 is 0 Å². The number of nitrogens with one attached hydrogen (secondary N) is 2. The molecular weight excluding hydrogens is 368 g/mol. The van der Waals surface area contributed by atoms with Crippen molar-refractivity contribution in [2.24, 2.45) is 10.9 Å². The molecule has 29 heavy (non-hydrogen) atoms. The molecule has 1 heterocycles. The molecule has 0 aliphatic carbocycles. The molecule has 0 radical (unpaired) electrons. The highest BCUT2D eigenvalue weighted by Crippen LogP contribution is 2.38. The molecule has 7 nitrogen and oxygen atoms in total. The summed E-state index contributed by atoms with van der Waals surface area (Å²) >= 11 is 0. The molecule has 1 fully saturated rings. The van der Waals surface area contributed by atoms with E-state index in [1.165, 1.54) is 38.9 Å². The van der Waals surface area contributed by atoms with Gasteiger partial charge < -0.3 is 29.7 Å². The van der Waals surface area contributed by atoms with E-state index in [1.54, 1.807) is 21.3 Å². The van der Waals surface area contributed by atoms with Crippen molar-refractivity contribution in [3.05, 3.63) is 17.7 Å². The van der Waals surface area contributed by atoms with E-state index in [-0.39, 0.29) is 0 Å². The molecule has 0 aromatic heterocycles. The second-order valence-corrected chi connectivity index (χ2v) is 7.32. The summed E-state index contributed by atoms with van der Waals surface area (Å²) < 4.78 is 16.3. The van der Waals surface area contributed by atoms with Crippen molar-refractivity contribution in [3.63, 3.8) is 0 Å². The van der Waals surface area contributed by atoms with E-state index < -0.39 is 0 Å². The van der Waals surface area contributed by atoms with E-state index in [0.29, 0.717) is 23.8 Å². The van der Waals surface area contributed by atoms with Crippen LogP contribution in [0.1, 0.15) is 38.7 Å². The summed E-state index contributed by atoms with van der Waals surface area (Å²) in [7, 11) is 4.86. The second-order valence-electron chi connectivity index (χ2n) is 7.32. The molecule has 0 atom stereocenters. The van der Waals surface area contributed by atoms with Crippen LogP contribution in [-0.2, 0) is 6.54 Å². The van der Waals surface area contributed by atoms with Crippen molar-refractivity contribution in [3.8, 4) is 17.2 Å². The van der Waals surface area contributed by atoms with Crippen LogP contribution in [0.2, 0.25) is 0 Å². The summed E-state index contributed by atoms with van der Waals surface area (Å²) in [6.45, 7) is 10.3. The summed E-state index contributed by atoms with van der Waals surface area (Å²) in [5, 5.41) is 6.81. The number of piperidine rings is 1. The number of methoxy groups -OCH3 is 3. The molecular formula is C22H38N4O3. The highest BCUT2D eigenvalue weighted by Gasteiger charge is 2.17. The molecule has 2 N–H and O–H groups in total. The number of hydrogen-bond acceptors (Lipinski definition) is 5. The van der Waals surface area contributed by atoms with E-state index in [2.05, 4.69) is 29.4 Å². The number of ether oxygens (including phenoxy) is 3. The molecule has 164 valence electrons. The van der Waals surface area contributed by atoms with Crippen LogP contribution in [0.4, 0.5) is 0 Å². The second kappa shape index (κ2) is 12.4. The largest absolute Gasteiger partial charge is 0.493 e. The molecule has 1 aliphatic rings. The van der Waals surface area contributed by atoms with Crippen LogP contribution in [-0.4, -0.2) is 64.9 Å². The van der Waals surface area contributed by atoms with Gasteiger partial charge in [-0.15, -0.1) is 0 Å². The Kier molecular flexibility index (Phi) is 9.91. The molecule has 0 saturated carbocycles. The third-order valence-electron chi connectivity index (χ3n) is 5.49. The zero-order valence-electron chi connectivity index (χ0n) is 18.7. The summed E-state index contributed by atoms with van der Waals surface area (Å²) in [4.78, 5) is 7.27. The van der Waals surface area contributed by atoms with Gasteiger partial charge in [0.25, 0.3) is 0 Å². The Bertz CT molecular complexity index is 618. The fourth-order valence-electron chi connectivity index (χ4n) is 3.72. The monoisotopic (exact) mass is 406 g/mol. The summed E-state index contributed by atoms with van der Waals surface area (Å²) in [5.74, 6) is 3.54. The van der Waals surface area contributed by atoms with Crippen molar-refractivity contribution in [2.45, 2.75) is 39.7 Å². The minimum absolute atomic E-state index is 0.529. The molecule has 0 spiro atoms.